The second-order valence-electron chi connectivity index (χ2n) is 4.75. The minimum absolute atomic E-state index is 0.672. The van der Waals surface area contributed by atoms with E-state index in [1.165, 1.54) is 5.69 Å². The van der Waals surface area contributed by atoms with E-state index in [2.05, 4.69) is 34.5 Å². The summed E-state index contributed by atoms with van der Waals surface area (Å²) in [5.74, 6) is 0.840. The summed E-state index contributed by atoms with van der Waals surface area (Å²) in [6, 6.07) is 13.9. The van der Waals surface area contributed by atoms with Crippen molar-refractivity contribution in [2.45, 2.75) is 6.54 Å². The molecule has 0 heterocycles. The number of ether oxygens (including phenoxy) is 1. The molecular weight excluding hydrogens is 272 g/mol. The molecule has 0 aliphatic carbocycles. The number of nitrogens with one attached hydrogen (secondary N) is 1. The number of halogens is 1. The number of methoxy groups -OCH3 is 1. The summed E-state index contributed by atoms with van der Waals surface area (Å²) in [6.07, 6.45) is 0. The average Bonchev–Trinajstić information content (AvgIpc) is 2.45. The van der Waals surface area contributed by atoms with E-state index in [0.717, 1.165) is 17.0 Å². The smallest absolute Gasteiger partial charge is 0.123 e. The van der Waals surface area contributed by atoms with E-state index < -0.39 is 0 Å². The Bertz CT molecular complexity index is 567. The molecule has 0 saturated heterocycles. The molecule has 20 heavy (non-hydrogen) atoms. The highest BCUT2D eigenvalue weighted by molar-refractivity contribution is 6.30. The van der Waals surface area contributed by atoms with Crippen LogP contribution in [-0.4, -0.2) is 21.2 Å². The Morgan fingerprint density at radius 3 is 2.40 bits per heavy atom. The van der Waals surface area contributed by atoms with Crippen molar-refractivity contribution in [2.75, 3.05) is 31.4 Å². The Morgan fingerprint density at radius 2 is 1.80 bits per heavy atom. The van der Waals surface area contributed by atoms with Gasteiger partial charge in [-0.1, -0.05) is 11.6 Å². The Hall–Kier alpha value is -1.87. The molecule has 2 aromatic carbocycles. The number of anilines is 2. The zero-order valence-electron chi connectivity index (χ0n) is 12.0. The SMILES string of the molecule is COc1ccc(Cl)cc1CNc1ccc(N(C)C)cc1. The number of rotatable bonds is 5. The van der Waals surface area contributed by atoms with Gasteiger partial charge < -0.3 is 15.0 Å². The van der Waals surface area contributed by atoms with Gasteiger partial charge in [-0.25, -0.2) is 0 Å². The monoisotopic (exact) mass is 290 g/mol. The van der Waals surface area contributed by atoms with E-state index in [9.17, 15) is 0 Å². The van der Waals surface area contributed by atoms with Crippen molar-refractivity contribution < 1.29 is 4.74 Å². The van der Waals surface area contributed by atoms with Crippen LogP contribution in [0.4, 0.5) is 11.4 Å². The van der Waals surface area contributed by atoms with Crippen molar-refractivity contribution in [3.63, 3.8) is 0 Å². The maximum Gasteiger partial charge on any atom is 0.123 e. The third-order valence-electron chi connectivity index (χ3n) is 3.11. The maximum atomic E-state index is 6.02. The highest BCUT2D eigenvalue weighted by atomic mass is 35.5. The molecule has 0 atom stereocenters. The summed E-state index contributed by atoms with van der Waals surface area (Å²) in [5, 5.41) is 4.09. The van der Waals surface area contributed by atoms with E-state index >= 15 is 0 Å². The Kier molecular flexibility index (Phi) is 4.74. The fourth-order valence-electron chi connectivity index (χ4n) is 1.96. The molecule has 0 aromatic heterocycles. The molecule has 0 amide bonds. The second-order valence-corrected chi connectivity index (χ2v) is 5.19. The van der Waals surface area contributed by atoms with E-state index in [1.54, 1.807) is 7.11 Å². The van der Waals surface area contributed by atoms with Crippen LogP contribution in [0.25, 0.3) is 0 Å². The lowest BCUT2D eigenvalue weighted by molar-refractivity contribution is 0.410. The summed E-state index contributed by atoms with van der Waals surface area (Å²) in [5.41, 5.74) is 3.28. The first kappa shape index (κ1) is 14.5. The van der Waals surface area contributed by atoms with Crippen molar-refractivity contribution in [2.24, 2.45) is 0 Å². The van der Waals surface area contributed by atoms with Gasteiger partial charge in [0.05, 0.1) is 7.11 Å². The van der Waals surface area contributed by atoms with Crippen LogP contribution >= 0.6 is 11.6 Å². The molecule has 0 saturated carbocycles. The number of hydrogen-bond donors (Lipinski definition) is 1. The fraction of sp³-hybridized carbons (Fsp3) is 0.250. The highest BCUT2D eigenvalue weighted by Crippen LogP contribution is 2.24. The van der Waals surface area contributed by atoms with E-state index in [-0.39, 0.29) is 0 Å². The standard InChI is InChI=1S/C16H19ClN2O/c1-19(2)15-7-5-14(6-8-15)18-11-12-10-13(17)4-9-16(12)20-3/h4-10,18H,11H2,1-3H3. The first-order valence-electron chi connectivity index (χ1n) is 6.44. The zero-order valence-corrected chi connectivity index (χ0v) is 12.7. The minimum Gasteiger partial charge on any atom is -0.496 e. The number of benzene rings is 2. The Balaban J connectivity index is 2.06. The number of hydrogen-bond acceptors (Lipinski definition) is 3. The molecule has 2 aromatic rings. The third-order valence-corrected chi connectivity index (χ3v) is 3.34. The van der Waals surface area contributed by atoms with Crippen LogP contribution in [-0.2, 0) is 6.54 Å². The molecule has 0 unspecified atom stereocenters. The lowest BCUT2D eigenvalue weighted by atomic mass is 10.2. The topological polar surface area (TPSA) is 24.5 Å². The molecule has 0 aliphatic rings. The quantitative estimate of drug-likeness (QED) is 0.900. The lowest BCUT2D eigenvalue weighted by Crippen LogP contribution is -2.08. The Morgan fingerprint density at radius 1 is 1.10 bits per heavy atom. The van der Waals surface area contributed by atoms with Crippen LogP contribution in [0.3, 0.4) is 0 Å². The normalized spacial score (nSPS) is 10.2. The predicted molar refractivity (Wildman–Crippen MR) is 86.1 cm³/mol. The summed E-state index contributed by atoms with van der Waals surface area (Å²) >= 11 is 6.02. The van der Waals surface area contributed by atoms with E-state index in [1.807, 2.05) is 32.3 Å². The largest absolute Gasteiger partial charge is 0.496 e. The van der Waals surface area contributed by atoms with Gasteiger partial charge in [0.25, 0.3) is 0 Å². The molecular formula is C16H19ClN2O. The van der Waals surface area contributed by atoms with Crippen LogP contribution < -0.4 is 15.0 Å². The van der Waals surface area contributed by atoms with E-state index in [0.29, 0.717) is 11.6 Å². The average molecular weight is 291 g/mol. The van der Waals surface area contributed by atoms with Crippen LogP contribution in [0.2, 0.25) is 5.02 Å². The van der Waals surface area contributed by atoms with Crippen molar-refractivity contribution >= 4 is 23.0 Å². The van der Waals surface area contributed by atoms with Gasteiger partial charge in [-0.15, -0.1) is 0 Å². The van der Waals surface area contributed by atoms with Crippen LogP contribution in [0.15, 0.2) is 42.5 Å². The molecule has 0 bridgehead atoms. The molecule has 106 valence electrons. The first-order chi connectivity index (χ1) is 9.60. The highest BCUT2D eigenvalue weighted by Gasteiger charge is 2.04. The molecule has 0 radical (unpaired) electrons. The third kappa shape index (κ3) is 3.58. The van der Waals surface area contributed by atoms with Crippen LogP contribution in [0.5, 0.6) is 5.75 Å². The van der Waals surface area contributed by atoms with Crippen molar-refractivity contribution in [1.29, 1.82) is 0 Å². The summed E-state index contributed by atoms with van der Waals surface area (Å²) in [7, 11) is 5.72. The van der Waals surface area contributed by atoms with Gasteiger partial charge >= 0.3 is 0 Å². The summed E-state index contributed by atoms with van der Waals surface area (Å²) < 4.78 is 5.33. The zero-order chi connectivity index (χ0) is 14.5. The van der Waals surface area contributed by atoms with Gasteiger partial charge in [0.15, 0.2) is 0 Å². The van der Waals surface area contributed by atoms with Crippen molar-refractivity contribution in [3.05, 3.63) is 53.1 Å². The Labute approximate surface area is 125 Å². The maximum absolute atomic E-state index is 6.02. The lowest BCUT2D eigenvalue weighted by Gasteiger charge is -2.14. The molecule has 0 aliphatic heterocycles. The first-order valence-corrected chi connectivity index (χ1v) is 6.81. The van der Waals surface area contributed by atoms with Gasteiger partial charge in [-0.05, 0) is 42.5 Å². The summed E-state index contributed by atoms with van der Waals surface area (Å²) in [6.45, 7) is 0.672. The molecule has 2 rings (SSSR count). The van der Waals surface area contributed by atoms with Gasteiger partial charge in [-0.3, -0.25) is 0 Å². The van der Waals surface area contributed by atoms with Gasteiger partial charge in [0.2, 0.25) is 0 Å². The van der Waals surface area contributed by atoms with Gasteiger partial charge in [0, 0.05) is 42.6 Å². The molecule has 1 N–H and O–H groups in total. The second kappa shape index (κ2) is 6.53. The van der Waals surface area contributed by atoms with Crippen molar-refractivity contribution in [3.8, 4) is 5.75 Å². The molecule has 0 fully saturated rings. The van der Waals surface area contributed by atoms with Gasteiger partial charge in [-0.2, -0.15) is 0 Å². The molecule has 3 nitrogen and oxygen atoms in total. The molecule has 0 spiro atoms. The predicted octanol–water partition coefficient (Wildman–Crippen LogP) is 4.03. The van der Waals surface area contributed by atoms with Crippen LogP contribution in [0, 0.1) is 0 Å². The summed E-state index contributed by atoms with van der Waals surface area (Å²) in [4.78, 5) is 2.07. The van der Waals surface area contributed by atoms with Gasteiger partial charge in [0.1, 0.15) is 5.75 Å². The fourth-order valence-corrected chi connectivity index (χ4v) is 2.15. The van der Waals surface area contributed by atoms with E-state index in [4.69, 9.17) is 16.3 Å². The van der Waals surface area contributed by atoms with Crippen molar-refractivity contribution in [1.82, 2.24) is 0 Å². The number of nitrogens with zero attached hydrogens (tertiary/aromatic N) is 1. The minimum atomic E-state index is 0.672. The van der Waals surface area contributed by atoms with Crippen LogP contribution in [0.1, 0.15) is 5.56 Å². The molecule has 4 heteroatoms.